The van der Waals surface area contributed by atoms with Crippen LogP contribution in [0, 0.1) is 0 Å². The van der Waals surface area contributed by atoms with Crippen LogP contribution in [0.1, 0.15) is 12.8 Å². The van der Waals surface area contributed by atoms with E-state index in [-0.39, 0.29) is 5.91 Å². The number of hydrogen-bond acceptors (Lipinski definition) is 3. The number of piperazine rings is 1. The molecule has 18 heavy (non-hydrogen) atoms. The van der Waals surface area contributed by atoms with Gasteiger partial charge in [0, 0.05) is 37.6 Å². The number of carbonyl (C=O) groups excluding carboxylic acids is 1. The van der Waals surface area contributed by atoms with E-state index in [0.717, 1.165) is 31.9 Å². The first kappa shape index (κ1) is 11.5. The van der Waals surface area contributed by atoms with E-state index < -0.39 is 0 Å². The molecule has 0 spiro atoms. The third-order valence-corrected chi connectivity index (χ3v) is 3.72. The van der Waals surface area contributed by atoms with E-state index in [1.807, 2.05) is 4.90 Å². The summed E-state index contributed by atoms with van der Waals surface area (Å²) in [6.45, 7) is 4.41. The fourth-order valence-electron chi connectivity index (χ4n) is 2.70. The van der Waals surface area contributed by atoms with Gasteiger partial charge >= 0.3 is 0 Å². The number of nitrogens with zero attached hydrogens (tertiary/aromatic N) is 2. The highest BCUT2D eigenvalue weighted by Crippen LogP contribution is 2.24. The molecule has 0 radical (unpaired) electrons. The lowest BCUT2D eigenvalue weighted by Crippen LogP contribution is -2.48. The van der Waals surface area contributed by atoms with Crippen LogP contribution in [-0.4, -0.2) is 38.6 Å². The average molecular weight is 245 g/mol. The molecule has 0 unspecified atom stereocenters. The van der Waals surface area contributed by atoms with E-state index in [2.05, 4.69) is 34.5 Å². The molecular formula is C14H19N3O. The molecule has 0 aromatic heterocycles. The van der Waals surface area contributed by atoms with Crippen molar-refractivity contribution in [1.82, 2.24) is 5.32 Å². The van der Waals surface area contributed by atoms with Crippen molar-refractivity contribution < 1.29 is 4.79 Å². The quantitative estimate of drug-likeness (QED) is 0.851. The summed E-state index contributed by atoms with van der Waals surface area (Å²) < 4.78 is 0. The van der Waals surface area contributed by atoms with E-state index in [4.69, 9.17) is 0 Å². The molecule has 1 aromatic carbocycles. The summed E-state index contributed by atoms with van der Waals surface area (Å²) in [5.41, 5.74) is 2.29. The van der Waals surface area contributed by atoms with Crippen LogP contribution in [0.3, 0.4) is 0 Å². The summed E-state index contributed by atoms with van der Waals surface area (Å²) in [6, 6.07) is 8.40. The molecule has 0 saturated carbocycles. The lowest BCUT2D eigenvalue weighted by Gasteiger charge is -2.28. The molecule has 0 bridgehead atoms. The molecule has 4 heteroatoms. The van der Waals surface area contributed by atoms with E-state index in [9.17, 15) is 4.79 Å². The highest BCUT2D eigenvalue weighted by molar-refractivity contribution is 5.95. The highest BCUT2D eigenvalue weighted by Gasteiger charge is 2.19. The number of rotatable bonds is 2. The number of carbonyl (C=O) groups is 1. The second kappa shape index (κ2) is 4.98. The molecule has 2 fully saturated rings. The molecule has 1 N–H and O–H groups in total. The molecule has 0 aliphatic carbocycles. The summed E-state index contributed by atoms with van der Waals surface area (Å²) in [5.74, 6) is 0.162. The maximum atomic E-state index is 11.8. The molecule has 2 aliphatic heterocycles. The topological polar surface area (TPSA) is 35.6 Å². The summed E-state index contributed by atoms with van der Waals surface area (Å²) in [4.78, 5) is 16.1. The molecule has 1 amide bonds. The average Bonchev–Trinajstić information content (AvgIpc) is 2.94. The van der Waals surface area contributed by atoms with Gasteiger partial charge in [0.15, 0.2) is 0 Å². The summed E-state index contributed by atoms with van der Waals surface area (Å²) >= 11 is 0. The SMILES string of the molecule is O=C1CNCCN1c1ccc(N2CCCC2)cc1. The monoisotopic (exact) mass is 245 g/mol. The summed E-state index contributed by atoms with van der Waals surface area (Å²) in [7, 11) is 0. The van der Waals surface area contributed by atoms with Crippen molar-refractivity contribution in [3.05, 3.63) is 24.3 Å². The van der Waals surface area contributed by atoms with Gasteiger partial charge in [-0.1, -0.05) is 0 Å². The smallest absolute Gasteiger partial charge is 0.240 e. The van der Waals surface area contributed by atoms with Crippen LogP contribution in [0.5, 0.6) is 0 Å². The van der Waals surface area contributed by atoms with Gasteiger partial charge in [-0.25, -0.2) is 0 Å². The van der Waals surface area contributed by atoms with E-state index in [1.165, 1.54) is 18.5 Å². The minimum Gasteiger partial charge on any atom is -0.372 e. The standard InChI is InChI=1S/C14H19N3O/c18-14-11-15-7-10-17(14)13-5-3-12(4-6-13)16-8-1-2-9-16/h3-6,15H,1-2,7-11H2. The Labute approximate surface area is 108 Å². The first-order valence-corrected chi connectivity index (χ1v) is 6.71. The van der Waals surface area contributed by atoms with Gasteiger partial charge < -0.3 is 15.1 Å². The minimum absolute atomic E-state index is 0.162. The molecule has 0 atom stereocenters. The predicted octanol–water partition coefficient (Wildman–Crippen LogP) is 1.22. The van der Waals surface area contributed by atoms with Crippen LogP contribution in [-0.2, 0) is 4.79 Å². The van der Waals surface area contributed by atoms with E-state index in [0.29, 0.717) is 6.54 Å². The van der Waals surface area contributed by atoms with Crippen LogP contribution >= 0.6 is 0 Å². The van der Waals surface area contributed by atoms with Crippen molar-refractivity contribution in [3.63, 3.8) is 0 Å². The zero-order valence-electron chi connectivity index (χ0n) is 10.6. The Hall–Kier alpha value is -1.55. The first-order valence-electron chi connectivity index (χ1n) is 6.71. The highest BCUT2D eigenvalue weighted by atomic mass is 16.2. The molecule has 96 valence electrons. The van der Waals surface area contributed by atoms with Gasteiger partial charge in [-0.2, -0.15) is 0 Å². The van der Waals surface area contributed by atoms with Gasteiger partial charge in [0.1, 0.15) is 0 Å². The molecule has 1 aromatic rings. The molecule has 2 heterocycles. The van der Waals surface area contributed by atoms with Crippen LogP contribution < -0.4 is 15.1 Å². The predicted molar refractivity (Wildman–Crippen MR) is 73.1 cm³/mol. The number of nitrogens with one attached hydrogen (secondary N) is 1. The lowest BCUT2D eigenvalue weighted by molar-refractivity contribution is -0.118. The van der Waals surface area contributed by atoms with Gasteiger partial charge in [-0.15, -0.1) is 0 Å². The molecule has 2 saturated heterocycles. The maximum Gasteiger partial charge on any atom is 0.240 e. The van der Waals surface area contributed by atoms with Crippen molar-refractivity contribution in [2.75, 3.05) is 42.5 Å². The van der Waals surface area contributed by atoms with E-state index in [1.54, 1.807) is 0 Å². The first-order chi connectivity index (χ1) is 8.84. The second-order valence-corrected chi connectivity index (χ2v) is 4.93. The van der Waals surface area contributed by atoms with Crippen LogP contribution in [0.4, 0.5) is 11.4 Å². The molecule has 3 rings (SSSR count). The molecule has 2 aliphatic rings. The largest absolute Gasteiger partial charge is 0.372 e. The Morgan fingerprint density at radius 1 is 0.944 bits per heavy atom. The van der Waals surface area contributed by atoms with Gasteiger partial charge in [-0.3, -0.25) is 4.79 Å². The van der Waals surface area contributed by atoms with Crippen molar-refractivity contribution in [2.24, 2.45) is 0 Å². The minimum atomic E-state index is 0.162. The number of amides is 1. The number of hydrogen-bond donors (Lipinski definition) is 1. The number of benzene rings is 1. The van der Waals surface area contributed by atoms with Crippen LogP contribution in [0.25, 0.3) is 0 Å². The summed E-state index contributed by atoms with van der Waals surface area (Å²) in [6.07, 6.45) is 2.58. The van der Waals surface area contributed by atoms with Crippen molar-refractivity contribution in [1.29, 1.82) is 0 Å². The van der Waals surface area contributed by atoms with Crippen molar-refractivity contribution >= 4 is 17.3 Å². The van der Waals surface area contributed by atoms with E-state index >= 15 is 0 Å². The molecular weight excluding hydrogens is 226 g/mol. The number of anilines is 2. The Morgan fingerprint density at radius 3 is 2.28 bits per heavy atom. The van der Waals surface area contributed by atoms with Crippen molar-refractivity contribution in [2.45, 2.75) is 12.8 Å². The Balaban J connectivity index is 1.75. The van der Waals surface area contributed by atoms with Gasteiger partial charge in [-0.05, 0) is 37.1 Å². The normalized spacial score (nSPS) is 20.6. The second-order valence-electron chi connectivity index (χ2n) is 4.93. The van der Waals surface area contributed by atoms with Crippen LogP contribution in [0.15, 0.2) is 24.3 Å². The van der Waals surface area contributed by atoms with Gasteiger partial charge in [0.25, 0.3) is 0 Å². The Kier molecular flexibility index (Phi) is 3.19. The fraction of sp³-hybridized carbons (Fsp3) is 0.500. The fourth-order valence-corrected chi connectivity index (χ4v) is 2.70. The lowest BCUT2D eigenvalue weighted by atomic mass is 10.2. The zero-order valence-corrected chi connectivity index (χ0v) is 10.6. The Bertz CT molecular complexity index is 423. The summed E-state index contributed by atoms with van der Waals surface area (Å²) in [5, 5.41) is 3.09. The zero-order chi connectivity index (χ0) is 12.4. The van der Waals surface area contributed by atoms with Gasteiger partial charge in [0.2, 0.25) is 5.91 Å². The van der Waals surface area contributed by atoms with Crippen LogP contribution in [0.2, 0.25) is 0 Å². The maximum absolute atomic E-state index is 11.8. The Morgan fingerprint density at radius 2 is 1.61 bits per heavy atom. The molecule has 4 nitrogen and oxygen atoms in total. The van der Waals surface area contributed by atoms with Gasteiger partial charge in [0.05, 0.1) is 6.54 Å². The third kappa shape index (κ3) is 2.20. The van der Waals surface area contributed by atoms with Crippen molar-refractivity contribution in [3.8, 4) is 0 Å². The third-order valence-electron chi connectivity index (χ3n) is 3.72.